The Balaban J connectivity index is 1.70. The predicted octanol–water partition coefficient (Wildman–Crippen LogP) is 2.90. The van der Waals surface area contributed by atoms with Gasteiger partial charge < -0.3 is 10.4 Å². The van der Waals surface area contributed by atoms with Crippen molar-refractivity contribution in [2.24, 2.45) is 0 Å². The van der Waals surface area contributed by atoms with Crippen LogP contribution in [0.1, 0.15) is 23.9 Å². The van der Waals surface area contributed by atoms with Crippen molar-refractivity contribution < 1.29 is 36.2 Å². The molecule has 2 heterocycles. The van der Waals surface area contributed by atoms with Gasteiger partial charge in [-0.3, -0.25) is 9.36 Å². The van der Waals surface area contributed by atoms with Crippen molar-refractivity contribution in [1.29, 1.82) is 0 Å². The van der Waals surface area contributed by atoms with Gasteiger partial charge in [0.25, 0.3) is 0 Å². The van der Waals surface area contributed by atoms with Gasteiger partial charge >= 0.3 is 18.0 Å². The van der Waals surface area contributed by atoms with Crippen molar-refractivity contribution in [3.63, 3.8) is 0 Å². The molecule has 0 aliphatic rings. The lowest BCUT2D eigenvalue weighted by molar-refractivity contribution is -0.207. The molecule has 0 spiro atoms. The second-order valence-corrected chi connectivity index (χ2v) is 9.36. The van der Waals surface area contributed by atoms with E-state index >= 15 is 0 Å². The molecule has 0 saturated carbocycles. The zero-order chi connectivity index (χ0) is 30.2. The highest BCUT2D eigenvalue weighted by molar-refractivity contribution is 6.30. The van der Waals surface area contributed by atoms with Crippen molar-refractivity contribution >= 4 is 17.5 Å². The normalized spacial score (nSPS) is 14.5. The van der Waals surface area contributed by atoms with Crippen LogP contribution >= 0.6 is 11.6 Å². The lowest BCUT2D eigenvalue weighted by Crippen LogP contribution is -2.47. The number of hydrogen-bond donors (Lipinski definition) is 3. The summed E-state index contributed by atoms with van der Waals surface area (Å²) in [6.07, 6.45) is -12.7. The number of aromatic amines is 1. The van der Waals surface area contributed by atoms with E-state index in [9.17, 15) is 41.0 Å². The van der Waals surface area contributed by atoms with Gasteiger partial charge in [0.15, 0.2) is 11.9 Å². The van der Waals surface area contributed by atoms with Gasteiger partial charge in [-0.05, 0) is 48.9 Å². The molecule has 18 heteroatoms. The number of carbonyl (C=O) groups excluding carboxylic acids is 1. The Hall–Kier alpha value is -4.25. The summed E-state index contributed by atoms with van der Waals surface area (Å²) in [6.45, 7) is -0.806. The van der Waals surface area contributed by atoms with Crippen LogP contribution in [0.3, 0.4) is 0 Å². The van der Waals surface area contributed by atoms with Crippen LogP contribution in [0.25, 0.3) is 11.4 Å². The van der Waals surface area contributed by atoms with E-state index < -0.39 is 54.2 Å². The number of aliphatic hydroxyl groups is 1. The maximum atomic E-state index is 13.4. The number of carbonyl (C=O) groups is 1. The number of nitrogens with one attached hydrogen (secondary N) is 2. The molecule has 2 aromatic carbocycles. The van der Waals surface area contributed by atoms with E-state index in [4.69, 9.17) is 11.6 Å². The third kappa shape index (κ3) is 6.40. The van der Waals surface area contributed by atoms with Crippen molar-refractivity contribution in [2.75, 3.05) is 0 Å². The maximum Gasteiger partial charge on any atom is 0.416 e. The minimum atomic E-state index is -5.06. The number of tetrazole rings is 1. The predicted molar refractivity (Wildman–Crippen MR) is 129 cm³/mol. The van der Waals surface area contributed by atoms with E-state index in [-0.39, 0.29) is 27.8 Å². The molecule has 0 aliphatic carbocycles. The third-order valence-electron chi connectivity index (χ3n) is 6.00. The van der Waals surface area contributed by atoms with Crippen molar-refractivity contribution in [2.45, 2.75) is 44.0 Å². The number of benzene rings is 2. The quantitative estimate of drug-likeness (QED) is 0.262. The Morgan fingerprint density at radius 2 is 1.76 bits per heavy atom. The van der Waals surface area contributed by atoms with E-state index in [1.54, 1.807) is 0 Å². The van der Waals surface area contributed by atoms with Crippen LogP contribution in [-0.2, 0) is 29.6 Å². The Labute approximate surface area is 230 Å². The lowest BCUT2D eigenvalue weighted by Gasteiger charge is -2.28. The Morgan fingerprint density at radius 1 is 1.10 bits per heavy atom. The largest absolute Gasteiger partial charge is 0.416 e. The van der Waals surface area contributed by atoms with E-state index in [0.717, 1.165) is 18.2 Å². The van der Waals surface area contributed by atoms with Gasteiger partial charge in [-0.2, -0.15) is 31.6 Å². The molecule has 1 amide bonds. The van der Waals surface area contributed by atoms with E-state index in [2.05, 4.69) is 31.0 Å². The van der Waals surface area contributed by atoms with Crippen LogP contribution in [0.2, 0.25) is 5.02 Å². The highest BCUT2D eigenvalue weighted by Crippen LogP contribution is 2.34. The average molecular weight is 605 g/mol. The summed E-state index contributed by atoms with van der Waals surface area (Å²) in [5.74, 6) is -1.51. The van der Waals surface area contributed by atoms with Crippen LogP contribution in [0.15, 0.2) is 53.3 Å². The Morgan fingerprint density at radius 3 is 2.34 bits per heavy atom. The molecule has 0 saturated heterocycles. The molecule has 0 fully saturated rings. The molecule has 4 rings (SSSR count). The van der Waals surface area contributed by atoms with Gasteiger partial charge in [-0.25, -0.2) is 9.48 Å². The molecular formula is C23H19ClF6N8O3. The molecule has 3 N–H and O–H groups in total. The van der Waals surface area contributed by atoms with E-state index in [0.29, 0.717) is 9.25 Å². The maximum absolute atomic E-state index is 13.4. The number of aromatic nitrogens is 7. The van der Waals surface area contributed by atoms with Crippen LogP contribution in [0, 0.1) is 0 Å². The topological polar surface area (TPSA) is 144 Å². The number of H-pyrrole nitrogens is 1. The second-order valence-electron chi connectivity index (χ2n) is 8.93. The molecule has 2 aromatic heterocycles. The summed E-state index contributed by atoms with van der Waals surface area (Å²) in [7, 11) is 0. The standard InChI is InChI=1S/C23H19ClF6N8O3/c1-21(19-32-35-36-33-19,13-3-2-4-14(9-13)22(25,26)27)31-17(40)11-38-20(41)37(10-16(39)23(28,29)30)18(34-38)12-5-7-15(24)8-6-12/h2-9,16,39H,10-11H2,1H3,(H,31,40)(H,32,33,35,36)/t16-,21-/m0/s1. The minimum absolute atomic E-state index is 0.0879. The first kappa shape index (κ1) is 29.7. The molecule has 41 heavy (non-hydrogen) atoms. The van der Waals surface area contributed by atoms with Crippen molar-refractivity contribution in [3.8, 4) is 11.4 Å². The van der Waals surface area contributed by atoms with Gasteiger partial charge in [0.05, 0.1) is 12.1 Å². The first-order valence-electron chi connectivity index (χ1n) is 11.5. The molecule has 2 atom stereocenters. The highest BCUT2D eigenvalue weighted by atomic mass is 35.5. The fourth-order valence-electron chi connectivity index (χ4n) is 3.89. The zero-order valence-electron chi connectivity index (χ0n) is 20.7. The average Bonchev–Trinajstić information content (AvgIpc) is 3.54. The Kier molecular flexibility index (Phi) is 7.95. The van der Waals surface area contributed by atoms with Crippen LogP contribution in [0.4, 0.5) is 26.3 Å². The van der Waals surface area contributed by atoms with Crippen molar-refractivity contribution in [1.82, 2.24) is 40.3 Å². The number of amides is 1. The summed E-state index contributed by atoms with van der Waals surface area (Å²) in [5, 5.41) is 29.4. The van der Waals surface area contributed by atoms with Crippen LogP contribution in [-0.4, -0.2) is 58.3 Å². The summed E-state index contributed by atoms with van der Waals surface area (Å²) >= 11 is 5.86. The molecule has 0 bridgehead atoms. The molecule has 0 unspecified atom stereocenters. The minimum Gasteiger partial charge on any atom is -0.382 e. The summed E-state index contributed by atoms with van der Waals surface area (Å²) in [6, 6.07) is 9.50. The molecule has 4 aromatic rings. The van der Waals surface area contributed by atoms with Gasteiger partial charge in [0, 0.05) is 10.6 Å². The Bertz CT molecular complexity index is 1580. The van der Waals surface area contributed by atoms with Crippen molar-refractivity contribution in [3.05, 3.63) is 81.0 Å². The SMILES string of the molecule is C[C@](NC(=O)Cn1nc(-c2ccc(Cl)cc2)n(C[C@H](O)C(F)(F)F)c1=O)(c1cccc(C(F)(F)F)c1)c1nn[nH]n1. The number of nitrogens with zero attached hydrogens (tertiary/aromatic N) is 6. The van der Waals surface area contributed by atoms with Gasteiger partial charge in [-0.15, -0.1) is 15.3 Å². The van der Waals surface area contributed by atoms with E-state index in [1.807, 2.05) is 0 Å². The van der Waals surface area contributed by atoms with Crippen LogP contribution < -0.4 is 11.0 Å². The number of aliphatic hydroxyl groups excluding tert-OH is 1. The van der Waals surface area contributed by atoms with Gasteiger partial charge in [-0.1, -0.05) is 28.9 Å². The fraction of sp³-hybridized carbons (Fsp3) is 0.304. The molecule has 218 valence electrons. The monoisotopic (exact) mass is 604 g/mol. The summed E-state index contributed by atoms with van der Waals surface area (Å²) in [4.78, 5) is 26.2. The number of rotatable bonds is 8. The number of halogens is 7. The first-order valence-corrected chi connectivity index (χ1v) is 11.9. The molecule has 0 aliphatic heterocycles. The van der Waals surface area contributed by atoms with Crippen LogP contribution in [0.5, 0.6) is 0 Å². The van der Waals surface area contributed by atoms with Gasteiger partial charge in [0.2, 0.25) is 11.7 Å². The third-order valence-corrected chi connectivity index (χ3v) is 6.25. The number of alkyl halides is 6. The fourth-order valence-corrected chi connectivity index (χ4v) is 4.02. The molecule has 11 nitrogen and oxygen atoms in total. The summed E-state index contributed by atoms with van der Waals surface area (Å²) < 4.78 is 80.5. The number of hydrogen-bond acceptors (Lipinski definition) is 7. The zero-order valence-corrected chi connectivity index (χ0v) is 21.5. The molecule has 0 radical (unpaired) electrons. The molecular weight excluding hydrogens is 586 g/mol. The lowest BCUT2D eigenvalue weighted by atomic mass is 9.89. The van der Waals surface area contributed by atoms with E-state index in [1.165, 1.54) is 37.3 Å². The first-order chi connectivity index (χ1) is 19.1. The second kappa shape index (κ2) is 11.0. The smallest absolute Gasteiger partial charge is 0.382 e. The summed E-state index contributed by atoms with van der Waals surface area (Å²) in [5.41, 5.74) is -3.93. The van der Waals surface area contributed by atoms with Gasteiger partial charge in [0.1, 0.15) is 12.1 Å². The highest BCUT2D eigenvalue weighted by Gasteiger charge is 2.40.